The van der Waals surface area contributed by atoms with Crippen LogP contribution in [0.1, 0.15) is 46.5 Å². The Balaban J connectivity index is 1.64. The van der Waals surface area contributed by atoms with E-state index in [9.17, 15) is 13.2 Å². The zero-order chi connectivity index (χ0) is 23.3. The van der Waals surface area contributed by atoms with Crippen molar-refractivity contribution in [1.29, 1.82) is 0 Å². The summed E-state index contributed by atoms with van der Waals surface area (Å²) in [6.45, 7) is 10.8. The normalized spacial score (nSPS) is 22.2. The maximum atomic E-state index is 13.4. The van der Waals surface area contributed by atoms with Gasteiger partial charge < -0.3 is 14.5 Å². The van der Waals surface area contributed by atoms with Crippen LogP contribution in [0.5, 0.6) is 5.75 Å². The van der Waals surface area contributed by atoms with Gasteiger partial charge in [0.15, 0.2) is 0 Å². The van der Waals surface area contributed by atoms with Gasteiger partial charge in [0.25, 0.3) is 0 Å². The maximum absolute atomic E-state index is 13.4. The number of hydrogen-bond acceptors (Lipinski definition) is 5. The topological polar surface area (TPSA) is 78.9 Å². The third kappa shape index (κ3) is 6.45. The van der Waals surface area contributed by atoms with Crippen molar-refractivity contribution in [3.05, 3.63) is 24.3 Å². The van der Waals surface area contributed by atoms with Gasteiger partial charge >= 0.3 is 0 Å². The molecule has 7 nitrogen and oxygen atoms in total. The summed E-state index contributed by atoms with van der Waals surface area (Å²) in [5.74, 6) is 1.57. The Morgan fingerprint density at radius 1 is 1.12 bits per heavy atom. The van der Waals surface area contributed by atoms with Crippen molar-refractivity contribution in [2.45, 2.75) is 57.4 Å². The Morgan fingerprint density at radius 2 is 1.78 bits per heavy atom. The number of likely N-dealkylation sites (tertiary alicyclic amines) is 2. The fourth-order valence-corrected chi connectivity index (χ4v) is 6.02. The summed E-state index contributed by atoms with van der Waals surface area (Å²) in [6.07, 6.45) is 4.59. The van der Waals surface area contributed by atoms with Crippen LogP contribution in [0.25, 0.3) is 0 Å². The van der Waals surface area contributed by atoms with Gasteiger partial charge in [-0.05, 0) is 80.8 Å². The van der Waals surface area contributed by atoms with E-state index in [4.69, 9.17) is 4.74 Å². The second-order valence-corrected chi connectivity index (χ2v) is 11.5. The number of benzene rings is 1. The molecule has 32 heavy (non-hydrogen) atoms. The number of sulfonamides is 1. The molecule has 1 aromatic rings. The SMILES string of the molecule is COc1ccc(S(=O)(=O)N[C@H](C(=O)N2CCC[C@@H](CN3CCC(C)CC3)C2)C(C)C)cc1. The fraction of sp³-hybridized carbons (Fsp3) is 0.708. The van der Waals surface area contributed by atoms with Crippen molar-refractivity contribution in [2.75, 3.05) is 39.8 Å². The van der Waals surface area contributed by atoms with Crippen LogP contribution < -0.4 is 9.46 Å². The molecule has 0 radical (unpaired) electrons. The average molecular weight is 466 g/mol. The molecule has 1 N–H and O–H groups in total. The number of piperidine rings is 2. The smallest absolute Gasteiger partial charge is 0.241 e. The summed E-state index contributed by atoms with van der Waals surface area (Å²) in [5, 5.41) is 0. The Bertz CT molecular complexity index is 849. The van der Waals surface area contributed by atoms with Crippen molar-refractivity contribution in [3.63, 3.8) is 0 Å². The Morgan fingerprint density at radius 3 is 2.38 bits per heavy atom. The molecular formula is C24H39N3O4S. The van der Waals surface area contributed by atoms with E-state index in [-0.39, 0.29) is 16.7 Å². The van der Waals surface area contributed by atoms with E-state index in [0.29, 0.717) is 24.8 Å². The minimum Gasteiger partial charge on any atom is -0.497 e. The molecule has 0 aliphatic carbocycles. The largest absolute Gasteiger partial charge is 0.497 e. The lowest BCUT2D eigenvalue weighted by Gasteiger charge is -2.39. The first-order valence-electron chi connectivity index (χ1n) is 11.9. The molecule has 8 heteroatoms. The highest BCUT2D eigenvalue weighted by atomic mass is 32.2. The van der Waals surface area contributed by atoms with Crippen molar-refractivity contribution < 1.29 is 17.9 Å². The van der Waals surface area contributed by atoms with Gasteiger partial charge in [-0.15, -0.1) is 0 Å². The Labute approximate surface area is 193 Å². The lowest BCUT2D eigenvalue weighted by molar-refractivity contribution is -0.136. The van der Waals surface area contributed by atoms with E-state index in [1.54, 1.807) is 12.1 Å². The highest BCUT2D eigenvalue weighted by Crippen LogP contribution is 2.24. The monoisotopic (exact) mass is 465 g/mol. The van der Waals surface area contributed by atoms with Crippen LogP contribution in [0.15, 0.2) is 29.2 Å². The third-order valence-electron chi connectivity index (χ3n) is 6.81. The third-order valence-corrected chi connectivity index (χ3v) is 8.26. The van der Waals surface area contributed by atoms with Crippen LogP contribution in [0.4, 0.5) is 0 Å². The van der Waals surface area contributed by atoms with Gasteiger partial charge in [0.05, 0.1) is 12.0 Å². The summed E-state index contributed by atoms with van der Waals surface area (Å²) < 4.78 is 33.7. The number of carbonyl (C=O) groups excluding carboxylic acids is 1. The fourth-order valence-electron chi connectivity index (χ4n) is 4.68. The van der Waals surface area contributed by atoms with Crippen molar-refractivity contribution in [3.8, 4) is 5.75 Å². The highest BCUT2D eigenvalue weighted by Gasteiger charge is 2.34. The van der Waals surface area contributed by atoms with E-state index in [1.165, 1.54) is 32.1 Å². The van der Waals surface area contributed by atoms with Crippen molar-refractivity contribution >= 4 is 15.9 Å². The second kappa shape index (κ2) is 11.0. The minimum absolute atomic E-state index is 0.117. The number of carbonyl (C=O) groups is 1. The number of nitrogens with one attached hydrogen (secondary N) is 1. The number of ether oxygens (including phenoxy) is 1. The van der Waals surface area contributed by atoms with Crippen LogP contribution in [-0.4, -0.2) is 70.0 Å². The molecule has 1 aromatic carbocycles. The van der Waals surface area contributed by atoms with Crippen LogP contribution in [0, 0.1) is 17.8 Å². The molecule has 2 heterocycles. The lowest BCUT2D eigenvalue weighted by atomic mass is 9.93. The molecule has 0 saturated carbocycles. The molecule has 0 aromatic heterocycles. The van der Waals surface area contributed by atoms with Crippen LogP contribution >= 0.6 is 0 Å². The summed E-state index contributed by atoms with van der Waals surface area (Å²) in [4.78, 5) is 17.9. The number of hydrogen-bond donors (Lipinski definition) is 1. The molecule has 0 spiro atoms. The minimum atomic E-state index is -3.82. The quantitative estimate of drug-likeness (QED) is 0.639. The molecule has 180 valence electrons. The molecule has 2 aliphatic rings. The maximum Gasteiger partial charge on any atom is 0.241 e. The van der Waals surface area contributed by atoms with Crippen LogP contribution in [0.2, 0.25) is 0 Å². The molecule has 3 rings (SSSR count). The van der Waals surface area contributed by atoms with Gasteiger partial charge in [-0.2, -0.15) is 4.72 Å². The Hall–Kier alpha value is -1.64. The number of methoxy groups -OCH3 is 1. The first kappa shape index (κ1) is 25.0. The van der Waals surface area contributed by atoms with E-state index in [2.05, 4.69) is 16.5 Å². The van der Waals surface area contributed by atoms with Crippen LogP contribution in [0.3, 0.4) is 0 Å². The van der Waals surface area contributed by atoms with Gasteiger partial charge in [0.1, 0.15) is 11.8 Å². The molecule has 2 fully saturated rings. The van der Waals surface area contributed by atoms with Crippen molar-refractivity contribution in [2.24, 2.45) is 17.8 Å². The summed E-state index contributed by atoms with van der Waals surface area (Å²) in [5.41, 5.74) is 0. The number of rotatable bonds is 8. The molecule has 2 atom stereocenters. The molecule has 0 bridgehead atoms. The van der Waals surface area contributed by atoms with E-state index < -0.39 is 16.1 Å². The number of amides is 1. The van der Waals surface area contributed by atoms with Crippen LogP contribution in [-0.2, 0) is 14.8 Å². The average Bonchev–Trinajstić information content (AvgIpc) is 2.78. The van der Waals surface area contributed by atoms with E-state index in [1.807, 2.05) is 18.7 Å². The summed E-state index contributed by atoms with van der Waals surface area (Å²) in [6, 6.07) is 5.43. The predicted molar refractivity (Wildman–Crippen MR) is 126 cm³/mol. The number of nitrogens with zero attached hydrogens (tertiary/aromatic N) is 2. The first-order valence-corrected chi connectivity index (χ1v) is 13.4. The molecular weight excluding hydrogens is 426 g/mol. The standard InChI is InChI=1S/C24H39N3O4S/c1-18(2)23(25-32(29,30)22-9-7-21(31-4)8-10-22)24(28)27-13-5-6-20(17-27)16-26-14-11-19(3)12-15-26/h7-10,18-20,23,25H,5-6,11-17H2,1-4H3/t20-,23-/m0/s1. The highest BCUT2D eigenvalue weighted by molar-refractivity contribution is 7.89. The van der Waals surface area contributed by atoms with Gasteiger partial charge in [0.2, 0.25) is 15.9 Å². The summed E-state index contributed by atoms with van der Waals surface area (Å²) in [7, 11) is -2.28. The zero-order valence-corrected chi connectivity index (χ0v) is 20.7. The molecule has 2 saturated heterocycles. The van der Waals surface area contributed by atoms with Gasteiger partial charge in [0, 0.05) is 19.6 Å². The summed E-state index contributed by atoms with van der Waals surface area (Å²) >= 11 is 0. The lowest BCUT2D eigenvalue weighted by Crippen LogP contribution is -2.54. The van der Waals surface area contributed by atoms with E-state index in [0.717, 1.165) is 38.4 Å². The predicted octanol–water partition coefficient (Wildman–Crippen LogP) is 2.97. The second-order valence-electron chi connectivity index (χ2n) is 9.79. The van der Waals surface area contributed by atoms with Gasteiger partial charge in [-0.25, -0.2) is 8.42 Å². The Kier molecular flexibility index (Phi) is 8.58. The zero-order valence-electron chi connectivity index (χ0n) is 19.9. The van der Waals surface area contributed by atoms with Gasteiger partial charge in [-0.3, -0.25) is 4.79 Å². The molecule has 0 unspecified atom stereocenters. The molecule has 2 aliphatic heterocycles. The van der Waals surface area contributed by atoms with Crippen molar-refractivity contribution in [1.82, 2.24) is 14.5 Å². The van der Waals surface area contributed by atoms with Gasteiger partial charge in [-0.1, -0.05) is 20.8 Å². The molecule has 1 amide bonds. The van der Waals surface area contributed by atoms with E-state index >= 15 is 0 Å². The first-order chi connectivity index (χ1) is 15.2.